The summed E-state index contributed by atoms with van der Waals surface area (Å²) in [4.78, 5) is 0. The molecule has 0 fully saturated rings. The maximum atomic E-state index is 2.33. The molecule has 0 bridgehead atoms. The Morgan fingerprint density at radius 3 is 0.818 bits per heavy atom. The van der Waals surface area contributed by atoms with Gasteiger partial charge in [0.1, 0.15) is 0 Å². The predicted octanol–water partition coefficient (Wildman–Crippen LogP) is 6.39. The van der Waals surface area contributed by atoms with E-state index < -0.39 is 0 Å². The van der Waals surface area contributed by atoms with Gasteiger partial charge in [-0.1, -0.05) is 53.4 Å². The van der Waals surface area contributed by atoms with Crippen LogP contribution in [0.25, 0.3) is 0 Å². The number of quaternary nitrogens is 1. The van der Waals surface area contributed by atoms with Crippen LogP contribution in [-0.4, -0.2) is 36.1 Å². The Morgan fingerprint density at radius 2 is 0.636 bits per heavy atom. The van der Waals surface area contributed by atoms with Crippen molar-refractivity contribution in [3.8, 4) is 0 Å². The van der Waals surface area contributed by atoms with Crippen LogP contribution in [0.2, 0.25) is 0 Å². The van der Waals surface area contributed by atoms with Crippen LogP contribution in [0, 0.1) is 0 Å². The third-order valence-electron chi connectivity index (χ3n) is 4.94. The molecule has 0 heterocycles. The normalized spacial score (nSPS) is 11.5. The fraction of sp³-hybridized carbons (Fsp3) is 1.00. The van der Waals surface area contributed by atoms with Crippen molar-refractivity contribution in [1.29, 1.82) is 0 Å². The van der Waals surface area contributed by atoms with E-state index in [0.29, 0.717) is 0 Å². The summed E-state index contributed by atoms with van der Waals surface area (Å²) in [6, 6.07) is 0. The quantitative estimate of drug-likeness (QED) is 0.240. The average molecular weight is 316 g/mol. The molecule has 0 aromatic rings. The Hall–Kier alpha value is -0.0800. The maximum absolute atomic E-state index is 2.33. The van der Waals surface area contributed by atoms with Crippen LogP contribution in [0.5, 0.6) is 0 Å². The summed E-state index contributed by atoms with van der Waals surface area (Å²) in [5, 5.41) is 0. The van der Waals surface area contributed by atoms with E-state index in [0.717, 1.165) is 0 Å². The summed E-state index contributed by atoms with van der Waals surface area (Å²) in [6.07, 6.45) is 16.9. The topological polar surface area (TPSA) is 30.0 Å². The molecule has 0 spiro atoms. The van der Waals surface area contributed by atoms with E-state index in [-0.39, 0.29) is 5.48 Å². The molecule has 0 unspecified atom stereocenters. The molecule has 0 aliphatic rings. The van der Waals surface area contributed by atoms with E-state index in [4.69, 9.17) is 0 Å². The molecule has 0 aromatic carbocycles. The van der Waals surface area contributed by atoms with Gasteiger partial charge in [0.25, 0.3) is 0 Å². The second kappa shape index (κ2) is 17.3. The summed E-state index contributed by atoms with van der Waals surface area (Å²) in [5.74, 6) is 0. The van der Waals surface area contributed by atoms with Crippen molar-refractivity contribution in [2.75, 3.05) is 26.2 Å². The van der Waals surface area contributed by atoms with Crippen molar-refractivity contribution in [2.24, 2.45) is 0 Å². The number of unbranched alkanes of at least 4 members (excludes halogenated alkanes) is 8. The van der Waals surface area contributed by atoms with Crippen molar-refractivity contribution < 1.29 is 9.96 Å². The lowest BCUT2D eigenvalue weighted by molar-refractivity contribution is -0.929. The SMILES string of the molecule is CCCCC[N+](CCCCC)(CCCCC)CCCCC.[OH-]. The highest BCUT2D eigenvalue weighted by Gasteiger charge is 2.25. The molecule has 0 rings (SSSR count). The minimum absolute atomic E-state index is 0. The van der Waals surface area contributed by atoms with Crippen molar-refractivity contribution in [3.63, 3.8) is 0 Å². The molecule has 0 amide bonds. The smallest absolute Gasteiger partial charge is 0.0786 e. The first-order chi connectivity index (χ1) is 10.2. The van der Waals surface area contributed by atoms with E-state index >= 15 is 0 Å². The zero-order valence-corrected chi connectivity index (χ0v) is 16.2. The van der Waals surface area contributed by atoms with Gasteiger partial charge in [0.15, 0.2) is 0 Å². The number of hydrogen-bond donors (Lipinski definition) is 0. The number of hydrogen-bond acceptors (Lipinski definition) is 1. The highest BCUT2D eigenvalue weighted by molar-refractivity contribution is 4.51. The van der Waals surface area contributed by atoms with Crippen molar-refractivity contribution in [3.05, 3.63) is 0 Å². The van der Waals surface area contributed by atoms with Crippen LogP contribution >= 0.6 is 0 Å². The maximum Gasteiger partial charge on any atom is 0.0786 e. The van der Waals surface area contributed by atoms with Gasteiger partial charge in [0, 0.05) is 0 Å². The zero-order chi connectivity index (χ0) is 15.8. The molecule has 0 atom stereocenters. The zero-order valence-electron chi connectivity index (χ0n) is 16.2. The molecular formula is C20H45NO. The second-order valence-corrected chi connectivity index (χ2v) is 7.06. The third kappa shape index (κ3) is 12.5. The van der Waals surface area contributed by atoms with E-state index in [1.165, 1.54) is 108 Å². The molecule has 2 nitrogen and oxygen atoms in total. The Kier molecular flexibility index (Phi) is 19.0. The second-order valence-electron chi connectivity index (χ2n) is 7.06. The summed E-state index contributed by atoms with van der Waals surface area (Å²) in [5.41, 5.74) is 0. The Morgan fingerprint density at radius 1 is 0.409 bits per heavy atom. The first kappa shape index (κ1) is 24.2. The molecule has 0 radical (unpaired) electrons. The molecule has 0 saturated heterocycles. The fourth-order valence-electron chi connectivity index (χ4n) is 3.46. The van der Waals surface area contributed by atoms with Gasteiger partial charge in [-0.05, 0) is 51.4 Å². The lowest BCUT2D eigenvalue weighted by Crippen LogP contribution is -2.50. The molecule has 0 aliphatic carbocycles. The number of rotatable bonds is 16. The summed E-state index contributed by atoms with van der Waals surface area (Å²) >= 11 is 0. The summed E-state index contributed by atoms with van der Waals surface area (Å²) in [7, 11) is 0. The lowest BCUT2D eigenvalue weighted by Gasteiger charge is -2.39. The van der Waals surface area contributed by atoms with Gasteiger partial charge < -0.3 is 9.96 Å². The van der Waals surface area contributed by atoms with E-state index in [1.807, 2.05) is 0 Å². The van der Waals surface area contributed by atoms with E-state index in [2.05, 4.69) is 27.7 Å². The molecule has 0 saturated carbocycles. The monoisotopic (exact) mass is 315 g/mol. The summed E-state index contributed by atoms with van der Waals surface area (Å²) in [6.45, 7) is 15.1. The first-order valence-corrected chi connectivity index (χ1v) is 10.1. The van der Waals surface area contributed by atoms with Gasteiger partial charge in [0.05, 0.1) is 26.2 Å². The molecule has 2 heteroatoms. The largest absolute Gasteiger partial charge is 0.870 e. The van der Waals surface area contributed by atoms with Gasteiger partial charge in [-0.3, -0.25) is 0 Å². The Bertz CT molecular complexity index is 160. The predicted molar refractivity (Wildman–Crippen MR) is 99.8 cm³/mol. The first-order valence-electron chi connectivity index (χ1n) is 10.1. The van der Waals surface area contributed by atoms with E-state index in [1.54, 1.807) is 0 Å². The van der Waals surface area contributed by atoms with Crippen LogP contribution in [0.15, 0.2) is 0 Å². The lowest BCUT2D eigenvalue weighted by atomic mass is 10.1. The van der Waals surface area contributed by atoms with Crippen molar-refractivity contribution >= 4 is 0 Å². The number of nitrogens with zero attached hydrogens (tertiary/aromatic N) is 1. The van der Waals surface area contributed by atoms with Crippen LogP contribution < -0.4 is 0 Å². The van der Waals surface area contributed by atoms with Gasteiger partial charge >= 0.3 is 0 Å². The van der Waals surface area contributed by atoms with Crippen LogP contribution in [-0.2, 0) is 0 Å². The van der Waals surface area contributed by atoms with Crippen molar-refractivity contribution in [2.45, 2.75) is 105 Å². The third-order valence-corrected chi connectivity index (χ3v) is 4.94. The minimum Gasteiger partial charge on any atom is -0.870 e. The van der Waals surface area contributed by atoms with Crippen LogP contribution in [0.4, 0.5) is 0 Å². The minimum atomic E-state index is 0. The molecule has 22 heavy (non-hydrogen) atoms. The summed E-state index contributed by atoms with van der Waals surface area (Å²) < 4.78 is 1.44. The van der Waals surface area contributed by atoms with Gasteiger partial charge in [-0.15, -0.1) is 0 Å². The standard InChI is InChI=1S/C20H44N.H2O/c1-5-9-13-17-21(18-14-10-6-2,19-15-11-7-3)20-16-12-8-4;/h5-20H2,1-4H3;1H2/q+1;/p-1. The molecule has 0 aliphatic heterocycles. The van der Waals surface area contributed by atoms with Crippen LogP contribution in [0.1, 0.15) is 105 Å². The van der Waals surface area contributed by atoms with Gasteiger partial charge in [-0.2, -0.15) is 0 Å². The Balaban J connectivity index is 0. The Labute approximate surface area is 141 Å². The average Bonchev–Trinajstić information content (AvgIpc) is 2.48. The highest BCUT2D eigenvalue weighted by Crippen LogP contribution is 2.18. The van der Waals surface area contributed by atoms with Crippen LogP contribution in [0.3, 0.4) is 0 Å². The molecule has 136 valence electrons. The fourth-order valence-corrected chi connectivity index (χ4v) is 3.46. The molecule has 1 N–H and O–H groups in total. The van der Waals surface area contributed by atoms with Gasteiger partial charge in [-0.25, -0.2) is 0 Å². The van der Waals surface area contributed by atoms with E-state index in [9.17, 15) is 0 Å². The molecular weight excluding hydrogens is 270 g/mol. The van der Waals surface area contributed by atoms with Crippen molar-refractivity contribution in [1.82, 2.24) is 0 Å². The highest BCUT2D eigenvalue weighted by atomic mass is 16.0. The molecule has 0 aromatic heterocycles. The van der Waals surface area contributed by atoms with Gasteiger partial charge in [0.2, 0.25) is 0 Å².